The molecule has 0 aliphatic carbocycles. The Balaban J connectivity index is 1.70. The van der Waals surface area contributed by atoms with Gasteiger partial charge in [0.05, 0.1) is 0 Å². The van der Waals surface area contributed by atoms with E-state index in [9.17, 15) is 9.90 Å². The number of pyridine rings is 1. The summed E-state index contributed by atoms with van der Waals surface area (Å²) in [4.78, 5) is 16.1. The molecule has 5 nitrogen and oxygen atoms in total. The Morgan fingerprint density at radius 2 is 2.04 bits per heavy atom. The fourth-order valence-corrected chi connectivity index (χ4v) is 2.26. The second kappa shape index (κ2) is 8.50. The monoisotopic (exact) mass is 333 g/mol. The first-order valence-corrected chi connectivity index (χ1v) is 7.82. The van der Waals surface area contributed by atoms with E-state index in [4.69, 9.17) is 11.6 Å². The molecule has 0 spiro atoms. The van der Waals surface area contributed by atoms with Crippen molar-refractivity contribution in [2.45, 2.75) is 19.4 Å². The van der Waals surface area contributed by atoms with Crippen molar-refractivity contribution in [2.24, 2.45) is 0 Å². The van der Waals surface area contributed by atoms with Gasteiger partial charge in [0, 0.05) is 29.9 Å². The molecule has 1 heterocycles. The standard InChI is InChI=1S/C17H20ClN3O2/c1-12-7-8-15(21-11-12)19-9-4-10-20-17(23)16(22)13-5-2-3-6-14(13)18/h2-3,5-8,11,16,22H,4,9-10H2,1H3,(H,19,21)(H,20,23). The number of aliphatic hydroxyl groups excluding tert-OH is 1. The molecular weight excluding hydrogens is 314 g/mol. The molecule has 0 radical (unpaired) electrons. The second-order valence-electron chi connectivity index (χ2n) is 5.22. The van der Waals surface area contributed by atoms with Gasteiger partial charge in [0.1, 0.15) is 5.82 Å². The van der Waals surface area contributed by atoms with Crippen LogP contribution in [0.4, 0.5) is 5.82 Å². The van der Waals surface area contributed by atoms with Crippen LogP contribution >= 0.6 is 11.6 Å². The summed E-state index contributed by atoms with van der Waals surface area (Å²) in [6, 6.07) is 10.7. The number of halogens is 1. The van der Waals surface area contributed by atoms with Crippen molar-refractivity contribution in [3.8, 4) is 0 Å². The molecule has 0 saturated heterocycles. The molecule has 0 saturated carbocycles. The number of nitrogens with one attached hydrogen (secondary N) is 2. The molecule has 1 aromatic carbocycles. The lowest BCUT2D eigenvalue weighted by molar-refractivity contribution is -0.129. The summed E-state index contributed by atoms with van der Waals surface area (Å²) in [7, 11) is 0. The molecule has 1 amide bonds. The summed E-state index contributed by atoms with van der Waals surface area (Å²) in [6.07, 6.45) is 1.26. The van der Waals surface area contributed by atoms with Crippen molar-refractivity contribution < 1.29 is 9.90 Å². The maximum atomic E-state index is 11.9. The normalized spacial score (nSPS) is 11.8. The number of hydrogen-bond acceptors (Lipinski definition) is 4. The van der Waals surface area contributed by atoms with Gasteiger partial charge in [-0.25, -0.2) is 4.98 Å². The van der Waals surface area contributed by atoms with Gasteiger partial charge < -0.3 is 15.7 Å². The van der Waals surface area contributed by atoms with Gasteiger partial charge in [-0.05, 0) is 31.0 Å². The lowest BCUT2D eigenvalue weighted by Gasteiger charge is -2.13. The number of nitrogens with zero attached hydrogens (tertiary/aromatic N) is 1. The van der Waals surface area contributed by atoms with Gasteiger partial charge in [-0.1, -0.05) is 35.9 Å². The zero-order chi connectivity index (χ0) is 16.7. The summed E-state index contributed by atoms with van der Waals surface area (Å²) < 4.78 is 0. The van der Waals surface area contributed by atoms with Crippen LogP contribution < -0.4 is 10.6 Å². The van der Waals surface area contributed by atoms with Crippen molar-refractivity contribution >= 4 is 23.3 Å². The van der Waals surface area contributed by atoms with Gasteiger partial charge in [0.15, 0.2) is 6.10 Å². The third-order valence-electron chi connectivity index (χ3n) is 3.32. The number of aryl methyl sites for hydroxylation is 1. The third-order valence-corrected chi connectivity index (χ3v) is 3.66. The summed E-state index contributed by atoms with van der Waals surface area (Å²) in [5.41, 5.74) is 1.52. The predicted molar refractivity (Wildman–Crippen MR) is 91.5 cm³/mol. The molecule has 6 heteroatoms. The van der Waals surface area contributed by atoms with Crippen LogP contribution in [0.2, 0.25) is 5.02 Å². The molecule has 1 unspecified atom stereocenters. The first-order chi connectivity index (χ1) is 11.1. The van der Waals surface area contributed by atoms with Gasteiger partial charge in [-0.2, -0.15) is 0 Å². The number of anilines is 1. The van der Waals surface area contributed by atoms with Gasteiger partial charge in [0.25, 0.3) is 5.91 Å². The highest BCUT2D eigenvalue weighted by Gasteiger charge is 2.18. The fraction of sp³-hybridized carbons (Fsp3) is 0.294. The molecule has 0 fully saturated rings. The minimum atomic E-state index is -1.25. The fourth-order valence-electron chi connectivity index (χ4n) is 2.02. The molecular formula is C17H20ClN3O2. The van der Waals surface area contributed by atoms with E-state index in [1.807, 2.05) is 19.1 Å². The highest BCUT2D eigenvalue weighted by Crippen LogP contribution is 2.22. The number of carbonyl (C=O) groups is 1. The Morgan fingerprint density at radius 3 is 2.74 bits per heavy atom. The van der Waals surface area contributed by atoms with Gasteiger partial charge >= 0.3 is 0 Å². The van der Waals surface area contributed by atoms with Crippen LogP contribution in [0.15, 0.2) is 42.6 Å². The summed E-state index contributed by atoms with van der Waals surface area (Å²) >= 11 is 5.97. The number of aromatic nitrogens is 1. The lowest BCUT2D eigenvalue weighted by atomic mass is 10.1. The van der Waals surface area contributed by atoms with E-state index in [2.05, 4.69) is 15.6 Å². The van der Waals surface area contributed by atoms with E-state index in [1.165, 1.54) is 0 Å². The third kappa shape index (κ3) is 5.23. The molecule has 122 valence electrons. The minimum Gasteiger partial charge on any atom is -0.378 e. The number of hydrogen-bond donors (Lipinski definition) is 3. The van der Waals surface area contributed by atoms with Crippen LogP contribution in [-0.2, 0) is 4.79 Å². The average molecular weight is 334 g/mol. The van der Waals surface area contributed by atoms with Crippen molar-refractivity contribution in [3.05, 3.63) is 58.7 Å². The molecule has 0 aliphatic rings. The first kappa shape index (κ1) is 17.2. The van der Waals surface area contributed by atoms with Crippen LogP contribution in [-0.4, -0.2) is 29.1 Å². The summed E-state index contributed by atoms with van der Waals surface area (Å²) in [6.45, 7) is 3.12. The van der Waals surface area contributed by atoms with Crippen LogP contribution in [0.1, 0.15) is 23.7 Å². The maximum Gasteiger partial charge on any atom is 0.253 e. The molecule has 0 aliphatic heterocycles. The van der Waals surface area contributed by atoms with Crippen molar-refractivity contribution in [1.29, 1.82) is 0 Å². The number of amides is 1. The van der Waals surface area contributed by atoms with Gasteiger partial charge in [-0.3, -0.25) is 4.79 Å². The van der Waals surface area contributed by atoms with Crippen molar-refractivity contribution in [1.82, 2.24) is 10.3 Å². The van der Waals surface area contributed by atoms with E-state index < -0.39 is 12.0 Å². The molecule has 3 N–H and O–H groups in total. The minimum absolute atomic E-state index is 0.377. The molecule has 1 aromatic heterocycles. The number of benzene rings is 1. The van der Waals surface area contributed by atoms with Crippen molar-refractivity contribution in [2.75, 3.05) is 18.4 Å². The lowest BCUT2D eigenvalue weighted by Crippen LogP contribution is -2.31. The molecule has 2 rings (SSSR count). The number of rotatable bonds is 7. The average Bonchev–Trinajstić information content (AvgIpc) is 2.56. The Kier molecular flexibility index (Phi) is 6.38. The maximum absolute atomic E-state index is 11.9. The Morgan fingerprint density at radius 1 is 1.26 bits per heavy atom. The molecule has 1 atom stereocenters. The van der Waals surface area contributed by atoms with E-state index >= 15 is 0 Å². The highest BCUT2D eigenvalue weighted by atomic mass is 35.5. The highest BCUT2D eigenvalue weighted by molar-refractivity contribution is 6.31. The zero-order valence-corrected chi connectivity index (χ0v) is 13.7. The van der Waals surface area contributed by atoms with Crippen molar-refractivity contribution in [3.63, 3.8) is 0 Å². The zero-order valence-electron chi connectivity index (χ0n) is 12.9. The topological polar surface area (TPSA) is 74.2 Å². The second-order valence-corrected chi connectivity index (χ2v) is 5.62. The predicted octanol–water partition coefficient (Wildman–Crippen LogP) is 2.70. The van der Waals surface area contributed by atoms with Gasteiger partial charge in [0.2, 0.25) is 0 Å². The molecule has 0 bridgehead atoms. The summed E-state index contributed by atoms with van der Waals surface area (Å²) in [5, 5.41) is 16.3. The smallest absolute Gasteiger partial charge is 0.253 e. The first-order valence-electron chi connectivity index (χ1n) is 7.44. The van der Waals surface area contributed by atoms with Gasteiger partial charge in [-0.15, -0.1) is 0 Å². The van der Waals surface area contributed by atoms with E-state index in [0.29, 0.717) is 23.7 Å². The Labute approximate surface area is 140 Å². The van der Waals surface area contributed by atoms with E-state index in [-0.39, 0.29) is 0 Å². The van der Waals surface area contributed by atoms with E-state index in [0.717, 1.165) is 17.8 Å². The number of aliphatic hydroxyl groups is 1. The van der Waals surface area contributed by atoms with Crippen LogP contribution in [0, 0.1) is 6.92 Å². The largest absolute Gasteiger partial charge is 0.378 e. The van der Waals surface area contributed by atoms with Crippen LogP contribution in [0.3, 0.4) is 0 Å². The Bertz CT molecular complexity index is 647. The van der Waals surface area contributed by atoms with E-state index in [1.54, 1.807) is 30.5 Å². The number of carbonyl (C=O) groups excluding carboxylic acids is 1. The Hall–Kier alpha value is -2.11. The molecule has 2 aromatic rings. The quantitative estimate of drug-likeness (QED) is 0.681. The summed E-state index contributed by atoms with van der Waals surface area (Å²) in [5.74, 6) is 0.351. The SMILES string of the molecule is Cc1ccc(NCCCNC(=O)C(O)c2ccccc2Cl)nc1. The van der Waals surface area contributed by atoms with Crippen LogP contribution in [0.5, 0.6) is 0 Å². The van der Waals surface area contributed by atoms with Crippen LogP contribution in [0.25, 0.3) is 0 Å². The molecule has 23 heavy (non-hydrogen) atoms.